The van der Waals surface area contributed by atoms with Gasteiger partial charge in [-0.1, -0.05) is 34.8 Å². The summed E-state index contributed by atoms with van der Waals surface area (Å²) in [5.41, 5.74) is 0.495. The van der Waals surface area contributed by atoms with Crippen molar-refractivity contribution in [1.29, 1.82) is 5.26 Å². The van der Waals surface area contributed by atoms with Crippen molar-refractivity contribution >= 4 is 40.6 Å². The van der Waals surface area contributed by atoms with Gasteiger partial charge in [-0.25, -0.2) is 0 Å². The van der Waals surface area contributed by atoms with E-state index in [4.69, 9.17) is 44.8 Å². The van der Waals surface area contributed by atoms with Gasteiger partial charge in [0.2, 0.25) is 0 Å². The summed E-state index contributed by atoms with van der Waals surface area (Å²) in [5, 5.41) is 13.6. The average Bonchev–Trinajstić information content (AvgIpc) is 2.68. The lowest BCUT2D eigenvalue weighted by Gasteiger charge is -2.13. The number of ketones is 1. The number of halogens is 3. The molecule has 0 aliphatic carbocycles. The van der Waals surface area contributed by atoms with E-state index in [2.05, 4.69) is 5.10 Å². The van der Waals surface area contributed by atoms with Crippen molar-refractivity contribution in [3.63, 3.8) is 0 Å². The van der Waals surface area contributed by atoms with Crippen LogP contribution in [0.25, 0.3) is 5.69 Å². The van der Waals surface area contributed by atoms with E-state index in [1.54, 1.807) is 0 Å². The molecule has 0 saturated carbocycles. The Kier molecular flexibility index (Phi) is 6.23. The highest BCUT2D eigenvalue weighted by Crippen LogP contribution is 2.32. The van der Waals surface area contributed by atoms with Crippen molar-refractivity contribution in [2.75, 3.05) is 7.11 Å². The smallest absolute Gasteiger partial charge is 0.271 e. The Bertz CT molecular complexity index is 1190. The van der Waals surface area contributed by atoms with Gasteiger partial charge in [0, 0.05) is 16.7 Å². The predicted octanol–water partition coefficient (Wildman–Crippen LogP) is 4.50. The van der Waals surface area contributed by atoms with Gasteiger partial charge in [0.25, 0.3) is 5.56 Å². The van der Waals surface area contributed by atoms with Gasteiger partial charge in [-0.2, -0.15) is 15.0 Å². The molecule has 0 aliphatic heterocycles. The van der Waals surface area contributed by atoms with Crippen molar-refractivity contribution < 1.29 is 9.53 Å². The predicted molar refractivity (Wildman–Crippen MR) is 111 cm³/mol. The van der Waals surface area contributed by atoms with Crippen molar-refractivity contribution in [3.8, 4) is 17.5 Å². The summed E-state index contributed by atoms with van der Waals surface area (Å²) in [4.78, 5) is 25.4. The Hall–Kier alpha value is -2.85. The van der Waals surface area contributed by atoms with Crippen LogP contribution in [0.3, 0.4) is 0 Å². The molecule has 146 valence electrons. The standard InChI is InChI=1S/C20H12Cl3N3O3/c1-29-17-4-2-11(20(28)19-14(22)9-12(21)10-15(19)23)8-16(17)26-18(27)5-3-13(25-26)6-7-24/h2-5,8-10H,6H2,1H3. The molecular formula is C20H12Cl3N3O3. The summed E-state index contributed by atoms with van der Waals surface area (Å²) in [6.07, 6.45) is 0.0250. The van der Waals surface area contributed by atoms with Crippen LogP contribution in [0.2, 0.25) is 15.1 Å². The second kappa shape index (κ2) is 8.66. The number of ether oxygens (including phenoxy) is 1. The molecule has 29 heavy (non-hydrogen) atoms. The van der Waals surface area contributed by atoms with E-state index in [0.29, 0.717) is 16.5 Å². The van der Waals surface area contributed by atoms with Gasteiger partial charge < -0.3 is 4.74 Å². The van der Waals surface area contributed by atoms with Crippen LogP contribution in [0.4, 0.5) is 0 Å². The van der Waals surface area contributed by atoms with Crippen molar-refractivity contribution in [1.82, 2.24) is 9.78 Å². The van der Waals surface area contributed by atoms with Crippen molar-refractivity contribution in [2.45, 2.75) is 6.42 Å². The van der Waals surface area contributed by atoms with E-state index in [9.17, 15) is 9.59 Å². The summed E-state index contributed by atoms with van der Waals surface area (Å²) in [5.74, 6) is -0.139. The first kappa shape index (κ1) is 20.9. The van der Waals surface area contributed by atoms with Gasteiger partial charge in [-0.15, -0.1) is 0 Å². The minimum absolute atomic E-state index is 0.0250. The quantitative estimate of drug-likeness (QED) is 0.537. The van der Waals surface area contributed by atoms with Gasteiger partial charge in [-0.05, 0) is 36.4 Å². The molecule has 0 radical (unpaired) electrons. The number of benzene rings is 2. The third-order valence-electron chi connectivity index (χ3n) is 4.02. The molecule has 0 saturated heterocycles. The molecule has 6 nitrogen and oxygen atoms in total. The fourth-order valence-electron chi connectivity index (χ4n) is 2.70. The molecule has 3 aromatic rings. The van der Waals surface area contributed by atoms with Crippen molar-refractivity contribution in [3.05, 3.63) is 84.7 Å². The maximum absolute atomic E-state index is 13.0. The van der Waals surface area contributed by atoms with Crippen LogP contribution >= 0.6 is 34.8 Å². The van der Waals surface area contributed by atoms with Gasteiger partial charge >= 0.3 is 0 Å². The highest BCUT2D eigenvalue weighted by Gasteiger charge is 2.20. The Morgan fingerprint density at radius 1 is 1.14 bits per heavy atom. The van der Waals surface area contributed by atoms with E-state index in [0.717, 1.165) is 4.68 Å². The fourth-order valence-corrected chi connectivity index (χ4v) is 3.69. The summed E-state index contributed by atoms with van der Waals surface area (Å²) in [6, 6.07) is 12.1. The van der Waals surface area contributed by atoms with Gasteiger partial charge in [0.15, 0.2) is 5.78 Å². The number of methoxy groups -OCH3 is 1. The summed E-state index contributed by atoms with van der Waals surface area (Å²) in [7, 11) is 1.43. The molecule has 0 amide bonds. The summed E-state index contributed by atoms with van der Waals surface area (Å²) < 4.78 is 6.39. The Morgan fingerprint density at radius 2 is 1.83 bits per heavy atom. The lowest BCUT2D eigenvalue weighted by atomic mass is 10.0. The molecule has 1 heterocycles. The molecule has 0 aliphatic rings. The highest BCUT2D eigenvalue weighted by atomic mass is 35.5. The van der Waals surface area contributed by atoms with Crippen molar-refractivity contribution in [2.24, 2.45) is 0 Å². The summed E-state index contributed by atoms with van der Waals surface area (Å²) in [6.45, 7) is 0. The number of hydrogen-bond acceptors (Lipinski definition) is 5. The minimum atomic E-state index is -0.457. The van der Waals surface area contributed by atoms with Gasteiger partial charge in [-0.3, -0.25) is 9.59 Å². The molecule has 1 aromatic heterocycles. The number of aromatic nitrogens is 2. The zero-order chi connectivity index (χ0) is 21.1. The van der Waals surface area contributed by atoms with E-state index in [1.165, 1.54) is 49.6 Å². The Labute approximate surface area is 180 Å². The molecule has 0 unspecified atom stereocenters. The Balaban J connectivity index is 2.17. The molecule has 2 aromatic carbocycles. The van der Waals surface area contributed by atoms with E-state index in [-0.39, 0.29) is 33.3 Å². The maximum atomic E-state index is 13.0. The SMILES string of the molecule is COc1ccc(C(=O)c2c(Cl)cc(Cl)cc2Cl)cc1-n1nc(CC#N)ccc1=O. The third kappa shape index (κ3) is 4.28. The zero-order valence-electron chi connectivity index (χ0n) is 14.9. The van der Waals surface area contributed by atoms with E-state index >= 15 is 0 Å². The van der Waals surface area contributed by atoms with E-state index in [1.807, 2.05) is 6.07 Å². The number of carbonyl (C=O) groups is 1. The first-order valence-corrected chi connectivity index (χ1v) is 9.33. The first-order chi connectivity index (χ1) is 13.8. The van der Waals surface area contributed by atoms with Crippen LogP contribution in [0, 0.1) is 11.3 Å². The molecule has 0 N–H and O–H groups in total. The van der Waals surface area contributed by atoms with Crippen LogP contribution in [0.1, 0.15) is 21.6 Å². The molecule has 0 spiro atoms. The fraction of sp³-hybridized carbons (Fsp3) is 0.100. The monoisotopic (exact) mass is 447 g/mol. The minimum Gasteiger partial charge on any atom is -0.494 e. The molecule has 0 atom stereocenters. The third-order valence-corrected chi connectivity index (χ3v) is 4.83. The number of nitriles is 1. The molecule has 9 heteroatoms. The lowest BCUT2D eigenvalue weighted by molar-refractivity contribution is 0.103. The van der Waals surface area contributed by atoms with Crippen LogP contribution < -0.4 is 10.3 Å². The number of hydrogen-bond donors (Lipinski definition) is 0. The number of carbonyl (C=O) groups excluding carboxylic acids is 1. The second-order valence-corrected chi connectivity index (χ2v) is 7.12. The largest absolute Gasteiger partial charge is 0.494 e. The van der Waals surface area contributed by atoms with Gasteiger partial charge in [0.1, 0.15) is 11.4 Å². The Morgan fingerprint density at radius 3 is 2.45 bits per heavy atom. The first-order valence-electron chi connectivity index (χ1n) is 8.19. The van der Waals surface area contributed by atoms with Crippen LogP contribution in [-0.2, 0) is 6.42 Å². The molecule has 0 fully saturated rings. The number of rotatable bonds is 5. The zero-order valence-corrected chi connectivity index (χ0v) is 17.2. The molecular weight excluding hydrogens is 437 g/mol. The molecule has 3 rings (SSSR count). The topological polar surface area (TPSA) is 85.0 Å². The normalized spacial score (nSPS) is 10.4. The van der Waals surface area contributed by atoms with Gasteiger partial charge in [0.05, 0.1) is 40.9 Å². The highest BCUT2D eigenvalue weighted by molar-refractivity contribution is 6.43. The van der Waals surface area contributed by atoms with Crippen LogP contribution in [0.15, 0.2) is 47.3 Å². The lowest BCUT2D eigenvalue weighted by Crippen LogP contribution is -2.22. The average molecular weight is 449 g/mol. The van der Waals surface area contributed by atoms with Crippen LogP contribution in [0.5, 0.6) is 5.75 Å². The second-order valence-electron chi connectivity index (χ2n) is 5.87. The van der Waals surface area contributed by atoms with Crippen LogP contribution in [-0.4, -0.2) is 22.7 Å². The molecule has 0 bridgehead atoms. The van der Waals surface area contributed by atoms with E-state index < -0.39 is 11.3 Å². The maximum Gasteiger partial charge on any atom is 0.271 e. The number of nitrogens with zero attached hydrogens (tertiary/aromatic N) is 3. The summed E-state index contributed by atoms with van der Waals surface area (Å²) >= 11 is 18.2.